The van der Waals surface area contributed by atoms with Crippen molar-refractivity contribution in [3.05, 3.63) is 17.5 Å². The number of nitrogens with zero attached hydrogens (tertiary/aromatic N) is 4. The van der Waals surface area contributed by atoms with Crippen LogP contribution in [0.2, 0.25) is 0 Å². The molecule has 0 N–H and O–H groups in total. The smallest absolute Gasteiger partial charge is 0.272 e. The van der Waals surface area contributed by atoms with Crippen molar-refractivity contribution in [3.8, 4) is 0 Å². The van der Waals surface area contributed by atoms with Gasteiger partial charge in [0.05, 0.1) is 5.69 Å². The molecule has 0 unspecified atom stereocenters. The van der Waals surface area contributed by atoms with Crippen LogP contribution in [0.4, 0.5) is 0 Å². The molecule has 2 saturated heterocycles. The molecule has 1 aromatic rings. The predicted octanol–water partition coefficient (Wildman–Crippen LogP) is 1.79. The lowest BCUT2D eigenvalue weighted by molar-refractivity contribution is -0.127. The topological polar surface area (TPSA) is 58.4 Å². The maximum Gasteiger partial charge on any atom is 0.272 e. The molecule has 3 rings (SSSR count). The van der Waals surface area contributed by atoms with Gasteiger partial charge in [0.1, 0.15) is 5.69 Å². The molecule has 2 aliphatic rings. The molecule has 2 fully saturated rings. The van der Waals surface area contributed by atoms with Gasteiger partial charge in [0.25, 0.3) is 5.91 Å². The highest BCUT2D eigenvalue weighted by Gasteiger charge is 2.42. The molecular formula is C18H28N4O2. The Hall–Kier alpha value is -1.85. The van der Waals surface area contributed by atoms with Gasteiger partial charge in [-0.1, -0.05) is 13.8 Å². The minimum atomic E-state index is 0.0554. The Morgan fingerprint density at radius 3 is 2.83 bits per heavy atom. The van der Waals surface area contributed by atoms with Crippen molar-refractivity contribution in [2.75, 3.05) is 20.1 Å². The molecular weight excluding hydrogens is 304 g/mol. The fraction of sp³-hybridized carbons (Fsp3) is 0.722. The van der Waals surface area contributed by atoms with Gasteiger partial charge in [-0.05, 0) is 31.7 Å². The molecule has 6 nitrogen and oxygen atoms in total. The van der Waals surface area contributed by atoms with E-state index in [0.717, 1.165) is 18.5 Å². The number of amides is 2. The number of aromatic nitrogens is 2. The van der Waals surface area contributed by atoms with Crippen LogP contribution in [0.5, 0.6) is 0 Å². The van der Waals surface area contributed by atoms with Crippen LogP contribution >= 0.6 is 0 Å². The normalized spacial score (nSPS) is 24.0. The van der Waals surface area contributed by atoms with Crippen LogP contribution in [-0.2, 0) is 17.8 Å². The molecule has 0 bridgehead atoms. The summed E-state index contributed by atoms with van der Waals surface area (Å²) in [6.45, 7) is 8.41. The summed E-state index contributed by atoms with van der Waals surface area (Å²) < 4.78 is 1.82. The highest BCUT2D eigenvalue weighted by atomic mass is 16.2. The molecule has 3 heterocycles. The molecule has 0 saturated carbocycles. The summed E-state index contributed by atoms with van der Waals surface area (Å²) in [5, 5.41) is 4.58. The van der Waals surface area contributed by atoms with Gasteiger partial charge in [0.15, 0.2) is 0 Å². The SMILES string of the molecule is CCn1nc(CC(C)C)cc1C(=O)N1CC[C@H]2[C@H](CC(=O)N2C)C1. The van der Waals surface area contributed by atoms with Crippen molar-refractivity contribution in [2.24, 2.45) is 11.8 Å². The summed E-state index contributed by atoms with van der Waals surface area (Å²) in [6, 6.07) is 2.25. The Morgan fingerprint density at radius 2 is 2.17 bits per heavy atom. The average molecular weight is 332 g/mol. The first kappa shape index (κ1) is 17.0. The third-order valence-corrected chi connectivity index (χ3v) is 5.28. The lowest BCUT2D eigenvalue weighted by atomic mass is 9.92. The number of carbonyl (C=O) groups excluding carboxylic acids is 2. The van der Waals surface area contributed by atoms with E-state index in [1.54, 1.807) is 0 Å². The van der Waals surface area contributed by atoms with E-state index in [1.807, 2.05) is 34.5 Å². The molecule has 24 heavy (non-hydrogen) atoms. The summed E-state index contributed by atoms with van der Waals surface area (Å²) >= 11 is 0. The van der Waals surface area contributed by atoms with Crippen LogP contribution in [0, 0.1) is 11.8 Å². The number of aryl methyl sites for hydroxylation is 1. The van der Waals surface area contributed by atoms with Crippen molar-refractivity contribution < 1.29 is 9.59 Å². The third kappa shape index (κ3) is 3.06. The Balaban J connectivity index is 1.75. The number of fused-ring (bicyclic) bond motifs is 1. The highest BCUT2D eigenvalue weighted by Crippen LogP contribution is 2.31. The molecule has 0 spiro atoms. The van der Waals surface area contributed by atoms with Crippen LogP contribution in [0.25, 0.3) is 0 Å². The van der Waals surface area contributed by atoms with Gasteiger partial charge in [-0.15, -0.1) is 0 Å². The van der Waals surface area contributed by atoms with Crippen molar-refractivity contribution in [1.29, 1.82) is 0 Å². The summed E-state index contributed by atoms with van der Waals surface area (Å²) in [7, 11) is 1.88. The van der Waals surface area contributed by atoms with E-state index in [4.69, 9.17) is 0 Å². The largest absolute Gasteiger partial charge is 0.342 e. The van der Waals surface area contributed by atoms with Crippen LogP contribution < -0.4 is 0 Å². The second-order valence-electron chi connectivity index (χ2n) is 7.51. The quantitative estimate of drug-likeness (QED) is 0.845. The highest BCUT2D eigenvalue weighted by molar-refractivity contribution is 5.93. The van der Waals surface area contributed by atoms with Crippen LogP contribution in [0.1, 0.15) is 49.8 Å². The van der Waals surface area contributed by atoms with E-state index in [-0.39, 0.29) is 17.7 Å². The number of hydrogen-bond donors (Lipinski definition) is 0. The second kappa shape index (κ2) is 6.57. The molecule has 0 aromatic carbocycles. The molecule has 6 heteroatoms. The summed E-state index contributed by atoms with van der Waals surface area (Å²) in [6.07, 6.45) is 2.33. The zero-order valence-corrected chi connectivity index (χ0v) is 15.2. The second-order valence-corrected chi connectivity index (χ2v) is 7.51. The van der Waals surface area contributed by atoms with E-state index in [0.29, 0.717) is 43.7 Å². The summed E-state index contributed by atoms with van der Waals surface area (Å²) in [4.78, 5) is 28.7. The van der Waals surface area contributed by atoms with Gasteiger partial charge in [0, 0.05) is 45.1 Å². The number of rotatable bonds is 4. The number of piperidine rings is 1. The number of likely N-dealkylation sites (tertiary alicyclic amines) is 2. The van der Waals surface area contributed by atoms with Gasteiger partial charge in [0.2, 0.25) is 5.91 Å². The minimum Gasteiger partial charge on any atom is -0.342 e. The van der Waals surface area contributed by atoms with E-state index < -0.39 is 0 Å². The fourth-order valence-corrected chi connectivity index (χ4v) is 4.03. The zero-order chi connectivity index (χ0) is 17.4. The maximum atomic E-state index is 13.0. The Morgan fingerprint density at radius 1 is 1.42 bits per heavy atom. The van der Waals surface area contributed by atoms with E-state index in [1.165, 1.54) is 0 Å². The van der Waals surface area contributed by atoms with Crippen molar-refractivity contribution in [3.63, 3.8) is 0 Å². The molecule has 2 aliphatic heterocycles. The first-order chi connectivity index (χ1) is 11.4. The predicted molar refractivity (Wildman–Crippen MR) is 91.6 cm³/mol. The van der Waals surface area contributed by atoms with Gasteiger partial charge in [-0.25, -0.2) is 0 Å². The van der Waals surface area contributed by atoms with Crippen molar-refractivity contribution in [2.45, 2.75) is 52.6 Å². The number of carbonyl (C=O) groups is 2. The zero-order valence-electron chi connectivity index (χ0n) is 15.2. The van der Waals surface area contributed by atoms with Crippen LogP contribution in [0.15, 0.2) is 6.07 Å². The van der Waals surface area contributed by atoms with Gasteiger partial charge in [-0.2, -0.15) is 5.10 Å². The molecule has 132 valence electrons. The van der Waals surface area contributed by atoms with Crippen LogP contribution in [-0.4, -0.2) is 57.6 Å². The van der Waals surface area contributed by atoms with E-state index >= 15 is 0 Å². The summed E-state index contributed by atoms with van der Waals surface area (Å²) in [5.41, 5.74) is 1.67. The lowest BCUT2D eigenvalue weighted by Crippen LogP contribution is -2.47. The minimum absolute atomic E-state index is 0.0554. The Labute approximate surface area is 143 Å². The standard InChI is InChI=1S/C18H28N4O2/c1-5-22-16(10-14(19-22)8-12(2)3)18(24)21-7-6-15-13(11-21)9-17(23)20(15)4/h10,12-13,15H,5-9,11H2,1-4H3/t13-,15+/m1/s1. The number of hydrogen-bond acceptors (Lipinski definition) is 3. The monoisotopic (exact) mass is 332 g/mol. The first-order valence-corrected chi connectivity index (χ1v) is 9.02. The van der Waals surface area contributed by atoms with Crippen molar-refractivity contribution in [1.82, 2.24) is 19.6 Å². The van der Waals surface area contributed by atoms with Crippen LogP contribution in [0.3, 0.4) is 0 Å². The fourth-order valence-electron chi connectivity index (χ4n) is 4.03. The van der Waals surface area contributed by atoms with Gasteiger partial charge >= 0.3 is 0 Å². The maximum absolute atomic E-state index is 13.0. The Kier molecular flexibility index (Phi) is 4.65. The third-order valence-electron chi connectivity index (χ3n) is 5.28. The molecule has 2 amide bonds. The first-order valence-electron chi connectivity index (χ1n) is 9.02. The summed E-state index contributed by atoms with van der Waals surface area (Å²) in [5.74, 6) is 1.05. The van der Waals surface area contributed by atoms with E-state index in [2.05, 4.69) is 18.9 Å². The Bertz CT molecular complexity index is 637. The molecule has 2 atom stereocenters. The van der Waals surface area contributed by atoms with Crippen molar-refractivity contribution >= 4 is 11.8 Å². The molecule has 0 radical (unpaired) electrons. The average Bonchev–Trinajstić information content (AvgIpc) is 3.07. The molecule has 1 aromatic heterocycles. The molecule has 0 aliphatic carbocycles. The van der Waals surface area contributed by atoms with Gasteiger partial charge < -0.3 is 9.80 Å². The van der Waals surface area contributed by atoms with Gasteiger partial charge in [-0.3, -0.25) is 14.3 Å². The lowest BCUT2D eigenvalue weighted by Gasteiger charge is -2.36. The van der Waals surface area contributed by atoms with E-state index in [9.17, 15) is 9.59 Å².